The van der Waals surface area contributed by atoms with Gasteiger partial charge in [0.05, 0.1) is 18.1 Å². The molecule has 3 aliphatic rings. The summed E-state index contributed by atoms with van der Waals surface area (Å²) in [6.07, 6.45) is 5.16. The zero-order valence-electron chi connectivity index (χ0n) is 22.5. The first-order chi connectivity index (χ1) is 17.5. The standard InChI is InChI=1S/C28H41N5O4/c1-18(2)16-21(30-25(35)19-8-10-20(11-9-19)31(3)4)26(36)32-15-12-22-24(32)23(34)17-33(22)27(37)28(29)13-6-5-7-14-28/h8-11,18,21-22,24H,5-7,12-17,29H2,1-4H3,(H,30,35)/t21-,22?,24?/m0/s1. The molecule has 4 rings (SSSR count). The number of nitrogens with one attached hydrogen (secondary N) is 1. The second-order valence-electron chi connectivity index (χ2n) is 11.5. The van der Waals surface area contributed by atoms with Crippen LogP contribution < -0.4 is 16.0 Å². The van der Waals surface area contributed by atoms with Crippen molar-refractivity contribution in [1.29, 1.82) is 0 Å². The van der Waals surface area contributed by atoms with Gasteiger partial charge in [0.2, 0.25) is 11.8 Å². The molecule has 2 aliphatic heterocycles. The monoisotopic (exact) mass is 511 g/mol. The fourth-order valence-electron chi connectivity index (χ4n) is 6.07. The van der Waals surface area contributed by atoms with Gasteiger partial charge < -0.3 is 25.8 Å². The van der Waals surface area contributed by atoms with E-state index in [0.717, 1.165) is 24.9 Å². The highest BCUT2D eigenvalue weighted by Gasteiger charge is 2.54. The lowest BCUT2D eigenvalue weighted by atomic mass is 9.81. The summed E-state index contributed by atoms with van der Waals surface area (Å²) in [5.41, 5.74) is 7.04. The molecular weight excluding hydrogens is 470 g/mol. The third-order valence-corrected chi connectivity index (χ3v) is 8.09. The molecule has 0 radical (unpaired) electrons. The number of fused-ring (bicyclic) bond motifs is 1. The second kappa shape index (κ2) is 10.8. The van der Waals surface area contributed by atoms with Crippen LogP contribution in [-0.4, -0.2) is 84.2 Å². The summed E-state index contributed by atoms with van der Waals surface area (Å²) in [7, 11) is 3.86. The van der Waals surface area contributed by atoms with Gasteiger partial charge in [-0.25, -0.2) is 0 Å². The highest BCUT2D eigenvalue weighted by atomic mass is 16.2. The fourth-order valence-corrected chi connectivity index (χ4v) is 6.07. The van der Waals surface area contributed by atoms with Crippen molar-refractivity contribution >= 4 is 29.2 Å². The molecule has 37 heavy (non-hydrogen) atoms. The molecule has 9 nitrogen and oxygen atoms in total. The van der Waals surface area contributed by atoms with E-state index >= 15 is 0 Å². The van der Waals surface area contributed by atoms with Crippen molar-refractivity contribution in [2.45, 2.75) is 82.5 Å². The van der Waals surface area contributed by atoms with Gasteiger partial charge in [0.25, 0.3) is 5.91 Å². The van der Waals surface area contributed by atoms with Gasteiger partial charge in [-0.15, -0.1) is 0 Å². The van der Waals surface area contributed by atoms with Gasteiger partial charge in [-0.05, 0) is 55.9 Å². The Kier molecular flexibility index (Phi) is 7.92. The fraction of sp³-hybridized carbons (Fsp3) is 0.643. The van der Waals surface area contributed by atoms with Gasteiger partial charge >= 0.3 is 0 Å². The minimum absolute atomic E-state index is 0.00364. The Morgan fingerprint density at radius 2 is 1.73 bits per heavy atom. The molecule has 1 aliphatic carbocycles. The summed E-state index contributed by atoms with van der Waals surface area (Å²) in [6, 6.07) is 5.43. The Morgan fingerprint density at radius 1 is 1.08 bits per heavy atom. The minimum Gasteiger partial charge on any atom is -0.378 e. The van der Waals surface area contributed by atoms with Crippen LogP contribution in [0.4, 0.5) is 5.69 Å². The van der Waals surface area contributed by atoms with Crippen molar-refractivity contribution in [3.8, 4) is 0 Å². The Hall–Kier alpha value is -2.94. The second-order valence-corrected chi connectivity index (χ2v) is 11.5. The van der Waals surface area contributed by atoms with Crippen LogP contribution in [0, 0.1) is 5.92 Å². The van der Waals surface area contributed by atoms with Gasteiger partial charge in [-0.3, -0.25) is 19.2 Å². The maximum atomic E-state index is 13.7. The molecule has 1 aromatic carbocycles. The van der Waals surface area contributed by atoms with Crippen LogP contribution in [0.3, 0.4) is 0 Å². The lowest BCUT2D eigenvalue weighted by Gasteiger charge is -2.37. The van der Waals surface area contributed by atoms with Crippen molar-refractivity contribution in [3.63, 3.8) is 0 Å². The zero-order chi connectivity index (χ0) is 26.9. The van der Waals surface area contributed by atoms with Gasteiger partial charge in [0.15, 0.2) is 5.78 Å². The number of benzene rings is 1. The lowest BCUT2D eigenvalue weighted by molar-refractivity contribution is -0.140. The normalized spacial score (nSPS) is 23.7. The number of hydrogen-bond donors (Lipinski definition) is 2. The summed E-state index contributed by atoms with van der Waals surface area (Å²) in [6.45, 7) is 4.37. The van der Waals surface area contributed by atoms with E-state index in [1.54, 1.807) is 21.9 Å². The summed E-state index contributed by atoms with van der Waals surface area (Å²) in [5.74, 6) is -0.711. The number of likely N-dealkylation sites (tertiary alicyclic amines) is 2. The molecule has 1 aromatic rings. The molecule has 1 saturated carbocycles. The highest BCUT2D eigenvalue weighted by molar-refractivity contribution is 6.01. The molecule has 0 spiro atoms. The molecule has 3 N–H and O–H groups in total. The molecule has 3 amide bonds. The number of rotatable bonds is 7. The molecule has 3 fully saturated rings. The van der Waals surface area contributed by atoms with E-state index in [1.807, 2.05) is 45.0 Å². The van der Waals surface area contributed by atoms with Crippen molar-refractivity contribution in [1.82, 2.24) is 15.1 Å². The molecule has 2 saturated heterocycles. The maximum Gasteiger partial charge on any atom is 0.251 e. The average Bonchev–Trinajstić information content (AvgIpc) is 3.44. The van der Waals surface area contributed by atoms with Crippen molar-refractivity contribution in [2.75, 3.05) is 32.1 Å². The lowest BCUT2D eigenvalue weighted by Crippen LogP contribution is -2.58. The summed E-state index contributed by atoms with van der Waals surface area (Å²) in [4.78, 5) is 58.5. The van der Waals surface area contributed by atoms with E-state index in [1.165, 1.54) is 0 Å². The highest BCUT2D eigenvalue weighted by Crippen LogP contribution is 2.35. The number of carbonyl (C=O) groups excluding carboxylic acids is 4. The third kappa shape index (κ3) is 5.51. The molecule has 9 heteroatoms. The van der Waals surface area contributed by atoms with Crippen molar-refractivity contribution in [3.05, 3.63) is 29.8 Å². The van der Waals surface area contributed by atoms with Gasteiger partial charge in [-0.1, -0.05) is 33.1 Å². The van der Waals surface area contributed by atoms with Crippen molar-refractivity contribution in [2.24, 2.45) is 11.7 Å². The number of nitrogens with zero attached hydrogens (tertiary/aromatic N) is 3. The first-order valence-corrected chi connectivity index (χ1v) is 13.5. The zero-order valence-corrected chi connectivity index (χ0v) is 22.5. The number of hydrogen-bond acceptors (Lipinski definition) is 6. The van der Waals surface area contributed by atoms with Crippen LogP contribution in [-0.2, 0) is 14.4 Å². The summed E-state index contributed by atoms with van der Waals surface area (Å²) in [5, 5.41) is 2.92. The van der Waals surface area contributed by atoms with E-state index in [4.69, 9.17) is 5.73 Å². The number of anilines is 1. The quantitative estimate of drug-likeness (QED) is 0.578. The number of ketones is 1. The van der Waals surface area contributed by atoms with Crippen LogP contribution in [0.1, 0.15) is 69.2 Å². The molecular formula is C28H41N5O4. The van der Waals surface area contributed by atoms with Crippen LogP contribution in [0.5, 0.6) is 0 Å². The number of carbonyl (C=O) groups is 4. The van der Waals surface area contributed by atoms with E-state index in [9.17, 15) is 19.2 Å². The minimum atomic E-state index is -0.916. The summed E-state index contributed by atoms with van der Waals surface area (Å²) >= 11 is 0. The van der Waals surface area contributed by atoms with Gasteiger partial charge in [0, 0.05) is 31.9 Å². The average molecular weight is 512 g/mol. The molecule has 2 unspecified atom stereocenters. The molecule has 0 bridgehead atoms. The van der Waals surface area contributed by atoms with Crippen LogP contribution in [0.15, 0.2) is 24.3 Å². The van der Waals surface area contributed by atoms with Crippen molar-refractivity contribution < 1.29 is 19.2 Å². The van der Waals surface area contributed by atoms with Crippen LogP contribution in [0.2, 0.25) is 0 Å². The molecule has 202 valence electrons. The van der Waals surface area contributed by atoms with Crippen LogP contribution >= 0.6 is 0 Å². The van der Waals surface area contributed by atoms with Gasteiger partial charge in [-0.2, -0.15) is 0 Å². The van der Waals surface area contributed by atoms with E-state index in [0.29, 0.717) is 37.8 Å². The first-order valence-electron chi connectivity index (χ1n) is 13.5. The Labute approximate surface area is 219 Å². The van der Waals surface area contributed by atoms with E-state index < -0.39 is 17.6 Å². The Balaban J connectivity index is 1.48. The SMILES string of the molecule is CC(C)C[C@H](NC(=O)c1ccc(N(C)C)cc1)C(=O)N1CCC2C1C(=O)CN2C(=O)C1(N)CCCCC1. The van der Waals surface area contributed by atoms with Gasteiger partial charge in [0.1, 0.15) is 12.1 Å². The Morgan fingerprint density at radius 3 is 2.32 bits per heavy atom. The number of nitrogens with two attached hydrogens (primary N) is 1. The van der Waals surface area contributed by atoms with E-state index in [-0.39, 0.29) is 42.0 Å². The molecule has 3 atom stereocenters. The van der Waals surface area contributed by atoms with E-state index in [2.05, 4.69) is 5.32 Å². The number of Topliss-reactive ketones (excluding diaryl/α,β-unsaturated/α-hetero) is 1. The topological polar surface area (TPSA) is 116 Å². The molecule has 2 heterocycles. The predicted molar refractivity (Wildman–Crippen MR) is 142 cm³/mol. The third-order valence-electron chi connectivity index (χ3n) is 8.09. The largest absolute Gasteiger partial charge is 0.378 e. The smallest absolute Gasteiger partial charge is 0.251 e. The summed E-state index contributed by atoms with van der Waals surface area (Å²) < 4.78 is 0. The van der Waals surface area contributed by atoms with Crippen LogP contribution in [0.25, 0.3) is 0 Å². The predicted octanol–water partition coefficient (Wildman–Crippen LogP) is 1.94. The maximum absolute atomic E-state index is 13.7. The Bertz CT molecular complexity index is 1030. The molecule has 0 aromatic heterocycles. The first kappa shape index (κ1) is 27.1. The number of amides is 3.